The fourth-order valence-corrected chi connectivity index (χ4v) is 7.66. The Morgan fingerprint density at radius 2 is 0.898 bits per heavy atom. The van der Waals surface area contributed by atoms with Crippen molar-refractivity contribution < 1.29 is 4.42 Å². The Balaban J connectivity index is 1.17. The molecule has 3 aromatic heterocycles. The molecule has 5 nitrogen and oxygen atoms in total. The highest BCUT2D eigenvalue weighted by Crippen LogP contribution is 2.41. The Morgan fingerprint density at radius 3 is 1.49 bits per heavy atom. The first-order chi connectivity index (χ1) is 24.2. The minimum Gasteiger partial charge on any atom is -0.454 e. The predicted molar refractivity (Wildman–Crippen MR) is 197 cm³/mol. The third-order valence-corrected chi connectivity index (χ3v) is 9.81. The van der Waals surface area contributed by atoms with Gasteiger partial charge in [0.1, 0.15) is 17.7 Å². The van der Waals surface area contributed by atoms with Crippen LogP contribution in [0.2, 0.25) is 0 Å². The molecule has 0 aliphatic rings. The van der Waals surface area contributed by atoms with Crippen molar-refractivity contribution in [2.24, 2.45) is 0 Å². The number of hydrogen-bond donors (Lipinski definition) is 0. The maximum absolute atomic E-state index is 10.6. The number of benzene rings is 7. The number of furan rings is 1. The predicted octanol–water partition coefficient (Wildman–Crippen LogP) is 11.2. The molecule has 0 unspecified atom stereocenters. The van der Waals surface area contributed by atoms with Crippen LogP contribution in [0.1, 0.15) is 11.1 Å². The van der Waals surface area contributed by atoms with Crippen LogP contribution in [0.15, 0.2) is 150 Å². The van der Waals surface area contributed by atoms with Gasteiger partial charge in [0.05, 0.1) is 44.6 Å². The summed E-state index contributed by atoms with van der Waals surface area (Å²) in [5, 5.41) is 27.5. The Bertz CT molecular complexity index is 3030. The van der Waals surface area contributed by atoms with Crippen molar-refractivity contribution in [3.63, 3.8) is 0 Å². The summed E-state index contributed by atoms with van der Waals surface area (Å²) in [7, 11) is 0. The van der Waals surface area contributed by atoms with Crippen molar-refractivity contribution in [1.82, 2.24) is 9.13 Å². The molecule has 0 atom stereocenters. The van der Waals surface area contributed by atoms with Crippen LogP contribution < -0.4 is 0 Å². The lowest BCUT2D eigenvalue weighted by Crippen LogP contribution is -1.99. The number of nitrogens with zero attached hydrogens (tertiary/aromatic N) is 4. The van der Waals surface area contributed by atoms with Crippen molar-refractivity contribution in [3.05, 3.63) is 157 Å². The summed E-state index contributed by atoms with van der Waals surface area (Å²) in [5.41, 5.74) is 10.1. The van der Waals surface area contributed by atoms with E-state index in [0.717, 1.165) is 88.1 Å². The Kier molecular flexibility index (Phi) is 5.64. The van der Waals surface area contributed by atoms with Gasteiger partial charge >= 0.3 is 0 Å². The normalized spacial score (nSPS) is 11.6. The lowest BCUT2D eigenvalue weighted by molar-refractivity contribution is 0.671. The summed E-state index contributed by atoms with van der Waals surface area (Å²) in [6.45, 7) is 0. The maximum atomic E-state index is 10.6. The van der Waals surface area contributed by atoms with Crippen molar-refractivity contribution in [1.29, 1.82) is 10.5 Å². The molecule has 0 radical (unpaired) electrons. The quantitative estimate of drug-likeness (QED) is 0.196. The van der Waals surface area contributed by atoms with Crippen LogP contribution in [-0.2, 0) is 0 Å². The van der Waals surface area contributed by atoms with E-state index in [9.17, 15) is 10.5 Å². The Morgan fingerprint density at radius 1 is 0.429 bits per heavy atom. The molecule has 0 saturated carbocycles. The molecule has 10 aromatic rings. The molecule has 0 fully saturated rings. The summed E-state index contributed by atoms with van der Waals surface area (Å²) in [6, 6.07) is 54.1. The third-order valence-electron chi connectivity index (χ3n) is 9.81. The van der Waals surface area contributed by atoms with Gasteiger partial charge in [0.25, 0.3) is 0 Å². The van der Waals surface area contributed by atoms with Crippen LogP contribution >= 0.6 is 0 Å². The molecule has 0 N–H and O–H groups in total. The zero-order valence-electron chi connectivity index (χ0n) is 26.1. The third kappa shape index (κ3) is 3.79. The lowest BCUT2D eigenvalue weighted by Gasteiger charge is -2.14. The van der Waals surface area contributed by atoms with Gasteiger partial charge in [-0.2, -0.15) is 10.5 Å². The number of para-hydroxylation sites is 4. The highest BCUT2D eigenvalue weighted by atomic mass is 16.3. The average molecular weight is 625 g/mol. The van der Waals surface area contributed by atoms with Gasteiger partial charge in [-0.25, -0.2) is 0 Å². The van der Waals surface area contributed by atoms with Crippen LogP contribution in [0.4, 0.5) is 0 Å². The van der Waals surface area contributed by atoms with Gasteiger partial charge < -0.3 is 13.6 Å². The zero-order chi connectivity index (χ0) is 32.6. The highest BCUT2D eigenvalue weighted by Gasteiger charge is 2.21. The number of nitriles is 2. The van der Waals surface area contributed by atoms with E-state index in [4.69, 9.17) is 4.42 Å². The van der Waals surface area contributed by atoms with E-state index in [1.807, 2.05) is 91.0 Å². The van der Waals surface area contributed by atoms with E-state index in [0.29, 0.717) is 11.1 Å². The second-order valence-electron chi connectivity index (χ2n) is 12.3. The summed E-state index contributed by atoms with van der Waals surface area (Å²) < 4.78 is 10.8. The number of hydrogen-bond acceptors (Lipinski definition) is 3. The standard InChI is InChI=1S/C44H24N4O/c45-25-29-23-27(17-21-37(29)47-39-13-5-1-9-31(39)32-10-2-6-14-40(32)47)28-18-22-38(30(24-28)26-46)48-41-15-7-3-11-33(41)35-19-20-36-34-12-4-8-16-42(34)49-44(36)43(35)48/h1-24H. The summed E-state index contributed by atoms with van der Waals surface area (Å²) in [5.74, 6) is 0. The first-order valence-corrected chi connectivity index (χ1v) is 16.1. The van der Waals surface area contributed by atoms with Crippen LogP contribution in [0.25, 0.3) is 88.1 Å². The molecule has 10 rings (SSSR count). The molecule has 3 heterocycles. The highest BCUT2D eigenvalue weighted by molar-refractivity contribution is 6.21. The van der Waals surface area contributed by atoms with E-state index >= 15 is 0 Å². The van der Waals surface area contributed by atoms with Gasteiger partial charge in [-0.1, -0.05) is 91.0 Å². The molecule has 7 aromatic carbocycles. The van der Waals surface area contributed by atoms with E-state index in [-0.39, 0.29) is 0 Å². The minimum atomic E-state index is 0.526. The Labute approximate surface area is 280 Å². The topological polar surface area (TPSA) is 70.6 Å². The fourth-order valence-electron chi connectivity index (χ4n) is 7.66. The van der Waals surface area contributed by atoms with Gasteiger partial charge in [-0.3, -0.25) is 0 Å². The van der Waals surface area contributed by atoms with Crippen LogP contribution in [0.3, 0.4) is 0 Å². The van der Waals surface area contributed by atoms with Crippen LogP contribution in [0.5, 0.6) is 0 Å². The van der Waals surface area contributed by atoms with Gasteiger partial charge in [0.15, 0.2) is 5.58 Å². The van der Waals surface area contributed by atoms with E-state index in [2.05, 4.69) is 75.9 Å². The smallest absolute Gasteiger partial charge is 0.160 e. The summed E-state index contributed by atoms with van der Waals surface area (Å²) in [4.78, 5) is 0. The molecule has 5 heteroatoms. The summed E-state index contributed by atoms with van der Waals surface area (Å²) in [6.07, 6.45) is 0. The van der Waals surface area contributed by atoms with E-state index < -0.39 is 0 Å². The maximum Gasteiger partial charge on any atom is 0.160 e. The molecule has 0 amide bonds. The van der Waals surface area contributed by atoms with E-state index in [1.54, 1.807) is 0 Å². The second kappa shape index (κ2) is 10.2. The van der Waals surface area contributed by atoms with Gasteiger partial charge in [-0.05, 0) is 65.7 Å². The van der Waals surface area contributed by atoms with Crippen LogP contribution in [0, 0.1) is 22.7 Å². The second-order valence-corrected chi connectivity index (χ2v) is 12.3. The molecule has 0 saturated heterocycles. The minimum absolute atomic E-state index is 0.526. The number of rotatable bonds is 3. The zero-order valence-corrected chi connectivity index (χ0v) is 26.1. The van der Waals surface area contributed by atoms with Crippen LogP contribution in [-0.4, -0.2) is 9.13 Å². The molecule has 0 aliphatic carbocycles. The average Bonchev–Trinajstić information content (AvgIpc) is 3.82. The molecular formula is C44H24N4O. The van der Waals surface area contributed by atoms with Gasteiger partial charge in [0.2, 0.25) is 0 Å². The first-order valence-electron chi connectivity index (χ1n) is 16.1. The first kappa shape index (κ1) is 27.1. The number of aromatic nitrogens is 2. The summed E-state index contributed by atoms with van der Waals surface area (Å²) >= 11 is 0. The van der Waals surface area contributed by atoms with Crippen molar-refractivity contribution in [2.75, 3.05) is 0 Å². The van der Waals surface area contributed by atoms with Crippen molar-refractivity contribution in [3.8, 4) is 34.6 Å². The SMILES string of the molecule is N#Cc1cc(-c2ccc(-n3c4ccccc4c4ccc5c6ccccc6oc5c43)c(C#N)c2)ccc1-n1c2ccccc2c2ccccc21. The fraction of sp³-hybridized carbons (Fsp3) is 0. The molecule has 49 heavy (non-hydrogen) atoms. The largest absolute Gasteiger partial charge is 0.454 e. The van der Waals surface area contributed by atoms with E-state index in [1.165, 1.54) is 0 Å². The molecular weight excluding hydrogens is 601 g/mol. The molecule has 226 valence electrons. The van der Waals surface area contributed by atoms with Gasteiger partial charge in [-0.15, -0.1) is 0 Å². The Hall–Kier alpha value is -7.08. The molecule has 0 spiro atoms. The van der Waals surface area contributed by atoms with Gasteiger partial charge in [0, 0.05) is 32.3 Å². The van der Waals surface area contributed by atoms with Crippen molar-refractivity contribution >= 4 is 65.6 Å². The molecule has 0 aliphatic heterocycles. The van der Waals surface area contributed by atoms with Crippen molar-refractivity contribution in [2.45, 2.75) is 0 Å². The number of fused-ring (bicyclic) bond motifs is 10. The monoisotopic (exact) mass is 624 g/mol. The molecule has 0 bridgehead atoms. The lowest BCUT2D eigenvalue weighted by atomic mass is 9.99.